The number of hydrogen-bond acceptors (Lipinski definition) is 4. The third-order valence-electron chi connectivity index (χ3n) is 4.73. The van der Waals surface area contributed by atoms with E-state index in [0.717, 1.165) is 71.2 Å². The summed E-state index contributed by atoms with van der Waals surface area (Å²) in [5, 5.41) is 6.00. The van der Waals surface area contributed by atoms with Crippen LogP contribution in [0.3, 0.4) is 0 Å². The Morgan fingerprint density at radius 3 is 2.04 bits per heavy atom. The van der Waals surface area contributed by atoms with Crippen LogP contribution in [-0.2, 0) is 9.59 Å². The van der Waals surface area contributed by atoms with Gasteiger partial charge in [-0.05, 0) is 19.3 Å². The van der Waals surface area contributed by atoms with E-state index >= 15 is 0 Å². The minimum absolute atomic E-state index is 0.120. The summed E-state index contributed by atoms with van der Waals surface area (Å²) in [6.07, 6.45) is 6.41. The van der Waals surface area contributed by atoms with E-state index in [4.69, 9.17) is 0 Å². The Morgan fingerprint density at radius 2 is 1.48 bits per heavy atom. The molecule has 0 spiro atoms. The molecule has 1 rings (SSSR count). The van der Waals surface area contributed by atoms with Gasteiger partial charge in [0.05, 0.1) is 13.1 Å². The molecule has 1 aliphatic rings. The number of carbonyl (C=O) groups excluding carboxylic acids is 2. The van der Waals surface area contributed by atoms with E-state index in [9.17, 15) is 9.59 Å². The molecule has 0 unspecified atom stereocenters. The van der Waals surface area contributed by atoms with Crippen molar-refractivity contribution in [1.29, 1.82) is 0 Å². The number of piperazine rings is 1. The maximum atomic E-state index is 12.1. The highest BCUT2D eigenvalue weighted by atomic mass is 16.2. The second-order valence-electron chi connectivity index (χ2n) is 7.06. The van der Waals surface area contributed by atoms with Crippen LogP contribution in [0.2, 0.25) is 0 Å². The van der Waals surface area contributed by atoms with Gasteiger partial charge in [0.25, 0.3) is 0 Å². The van der Waals surface area contributed by atoms with Gasteiger partial charge >= 0.3 is 0 Å². The fraction of sp³-hybridized carbons (Fsp3) is 0.895. The fourth-order valence-corrected chi connectivity index (χ4v) is 3.22. The first kappa shape index (κ1) is 21.9. The summed E-state index contributed by atoms with van der Waals surface area (Å²) in [6, 6.07) is 0.360. The topological polar surface area (TPSA) is 64.7 Å². The molecule has 6 heteroatoms. The quantitative estimate of drug-likeness (QED) is 0.523. The minimum atomic E-state index is 0.120. The average Bonchev–Trinajstić information content (AvgIpc) is 2.58. The number of nitrogens with zero attached hydrogens (tertiary/aromatic N) is 2. The number of hydrogen-bond donors (Lipinski definition) is 2. The van der Waals surface area contributed by atoms with Gasteiger partial charge in [0, 0.05) is 38.8 Å². The maximum Gasteiger partial charge on any atom is 0.234 e. The summed E-state index contributed by atoms with van der Waals surface area (Å²) in [5.74, 6) is 0.245. The molecule has 1 atom stereocenters. The van der Waals surface area contributed by atoms with Crippen molar-refractivity contribution < 1.29 is 9.59 Å². The van der Waals surface area contributed by atoms with Crippen molar-refractivity contribution in [3.63, 3.8) is 0 Å². The first-order chi connectivity index (χ1) is 12.1. The first-order valence-corrected chi connectivity index (χ1v) is 10.1. The summed E-state index contributed by atoms with van der Waals surface area (Å²) in [6.45, 7) is 11.5. The Bertz CT molecular complexity index is 390. The van der Waals surface area contributed by atoms with Crippen LogP contribution in [0.4, 0.5) is 0 Å². The lowest BCUT2D eigenvalue weighted by Crippen LogP contribution is -2.56. The van der Waals surface area contributed by atoms with Crippen LogP contribution in [0, 0.1) is 0 Å². The van der Waals surface area contributed by atoms with Crippen LogP contribution in [-0.4, -0.2) is 73.5 Å². The summed E-state index contributed by atoms with van der Waals surface area (Å²) < 4.78 is 0. The second kappa shape index (κ2) is 13.1. The molecule has 0 aromatic heterocycles. The van der Waals surface area contributed by atoms with Crippen molar-refractivity contribution in [2.75, 3.05) is 45.8 Å². The number of carbonyl (C=O) groups is 2. The monoisotopic (exact) mass is 354 g/mol. The van der Waals surface area contributed by atoms with Crippen LogP contribution >= 0.6 is 0 Å². The molecule has 1 saturated heterocycles. The Balaban J connectivity index is 2.41. The summed E-state index contributed by atoms with van der Waals surface area (Å²) >= 11 is 0. The van der Waals surface area contributed by atoms with E-state index in [1.54, 1.807) is 0 Å². The number of unbranched alkanes of at least 4 members (excludes halogenated alkanes) is 2. The molecule has 1 heterocycles. The van der Waals surface area contributed by atoms with E-state index in [1.165, 1.54) is 0 Å². The van der Waals surface area contributed by atoms with Gasteiger partial charge in [-0.15, -0.1) is 0 Å². The van der Waals surface area contributed by atoms with E-state index in [1.807, 2.05) is 0 Å². The lowest BCUT2D eigenvalue weighted by Gasteiger charge is -2.41. The van der Waals surface area contributed by atoms with Crippen LogP contribution in [0.1, 0.15) is 59.3 Å². The third kappa shape index (κ3) is 9.21. The Kier molecular flexibility index (Phi) is 11.5. The normalized spacial score (nSPS) is 18.9. The Morgan fingerprint density at radius 1 is 0.880 bits per heavy atom. The van der Waals surface area contributed by atoms with Gasteiger partial charge in [-0.25, -0.2) is 0 Å². The molecule has 0 aromatic rings. The molecule has 25 heavy (non-hydrogen) atoms. The van der Waals surface area contributed by atoms with Crippen LogP contribution in [0.5, 0.6) is 0 Å². The highest BCUT2D eigenvalue weighted by molar-refractivity contribution is 5.78. The molecule has 1 fully saturated rings. The SMILES string of the molecule is CCCCNC(=O)CN1CCN(CC(=O)NCCCC)[C@@H](CCC)C1. The molecular formula is C19H38N4O2. The van der Waals surface area contributed by atoms with E-state index in [0.29, 0.717) is 19.1 Å². The molecule has 1 aliphatic heterocycles. The van der Waals surface area contributed by atoms with Crippen LogP contribution < -0.4 is 10.6 Å². The summed E-state index contributed by atoms with van der Waals surface area (Å²) in [7, 11) is 0. The van der Waals surface area contributed by atoms with Gasteiger partial charge in [-0.3, -0.25) is 19.4 Å². The average molecular weight is 355 g/mol. The zero-order valence-corrected chi connectivity index (χ0v) is 16.5. The molecule has 0 saturated carbocycles. The minimum Gasteiger partial charge on any atom is -0.355 e. The molecule has 2 amide bonds. The molecule has 6 nitrogen and oxygen atoms in total. The van der Waals surface area contributed by atoms with Crippen molar-refractivity contribution in [2.24, 2.45) is 0 Å². The molecular weight excluding hydrogens is 316 g/mol. The predicted molar refractivity (Wildman–Crippen MR) is 103 cm³/mol. The van der Waals surface area contributed by atoms with Crippen LogP contribution in [0.25, 0.3) is 0 Å². The molecule has 0 radical (unpaired) electrons. The molecule has 0 bridgehead atoms. The maximum absolute atomic E-state index is 12.1. The van der Waals surface area contributed by atoms with Crippen molar-refractivity contribution in [1.82, 2.24) is 20.4 Å². The highest BCUT2D eigenvalue weighted by Crippen LogP contribution is 2.14. The highest BCUT2D eigenvalue weighted by Gasteiger charge is 2.28. The standard InChI is InChI=1S/C19H38N4O2/c1-4-7-10-20-18(24)15-22-12-13-23(17(14-22)9-6-3)16-19(25)21-11-8-5-2/h17H,4-16H2,1-3H3,(H,20,24)(H,21,25)/t17-/m0/s1. The van der Waals surface area contributed by atoms with Crippen molar-refractivity contribution in [3.05, 3.63) is 0 Å². The summed E-state index contributed by atoms with van der Waals surface area (Å²) in [5.41, 5.74) is 0. The Labute approximate surface area is 153 Å². The third-order valence-corrected chi connectivity index (χ3v) is 4.73. The lowest BCUT2D eigenvalue weighted by molar-refractivity contribution is -0.126. The van der Waals surface area contributed by atoms with Gasteiger partial charge in [-0.1, -0.05) is 40.0 Å². The second-order valence-corrected chi connectivity index (χ2v) is 7.06. The van der Waals surface area contributed by atoms with Gasteiger partial charge in [0.1, 0.15) is 0 Å². The number of rotatable bonds is 12. The van der Waals surface area contributed by atoms with Gasteiger partial charge in [-0.2, -0.15) is 0 Å². The van der Waals surface area contributed by atoms with E-state index < -0.39 is 0 Å². The van der Waals surface area contributed by atoms with E-state index in [-0.39, 0.29) is 11.8 Å². The fourth-order valence-electron chi connectivity index (χ4n) is 3.22. The van der Waals surface area contributed by atoms with Crippen LogP contribution in [0.15, 0.2) is 0 Å². The smallest absolute Gasteiger partial charge is 0.234 e. The van der Waals surface area contributed by atoms with Gasteiger partial charge in [0.15, 0.2) is 0 Å². The largest absolute Gasteiger partial charge is 0.355 e. The number of nitrogens with one attached hydrogen (secondary N) is 2. The summed E-state index contributed by atoms with van der Waals surface area (Å²) in [4.78, 5) is 28.7. The molecule has 146 valence electrons. The first-order valence-electron chi connectivity index (χ1n) is 10.1. The zero-order chi connectivity index (χ0) is 18.5. The van der Waals surface area contributed by atoms with Gasteiger partial charge < -0.3 is 10.6 Å². The van der Waals surface area contributed by atoms with Crippen molar-refractivity contribution >= 4 is 11.8 Å². The van der Waals surface area contributed by atoms with Gasteiger partial charge in [0.2, 0.25) is 11.8 Å². The molecule has 0 aromatic carbocycles. The molecule has 0 aliphatic carbocycles. The lowest BCUT2D eigenvalue weighted by atomic mass is 10.1. The molecule has 2 N–H and O–H groups in total. The zero-order valence-electron chi connectivity index (χ0n) is 16.5. The Hall–Kier alpha value is -1.14. The van der Waals surface area contributed by atoms with Crippen molar-refractivity contribution in [3.8, 4) is 0 Å². The van der Waals surface area contributed by atoms with Crippen molar-refractivity contribution in [2.45, 2.75) is 65.3 Å². The van der Waals surface area contributed by atoms with E-state index in [2.05, 4.69) is 41.2 Å². The number of amides is 2. The predicted octanol–water partition coefficient (Wildman–Crippen LogP) is 1.61.